The number of pyridine rings is 2. The number of hydrogen-bond acceptors (Lipinski definition) is 6. The first-order valence-electron chi connectivity index (χ1n) is 9.93. The quantitative estimate of drug-likeness (QED) is 0.620. The lowest BCUT2D eigenvalue weighted by Gasteiger charge is -2.22. The van der Waals surface area contributed by atoms with Crippen molar-refractivity contribution in [1.82, 2.24) is 19.8 Å². The molecule has 0 spiro atoms. The van der Waals surface area contributed by atoms with Crippen LogP contribution in [0.5, 0.6) is 0 Å². The summed E-state index contributed by atoms with van der Waals surface area (Å²) >= 11 is 0. The molecule has 2 aromatic heterocycles. The van der Waals surface area contributed by atoms with Gasteiger partial charge >= 0.3 is 0 Å². The fourth-order valence-electron chi connectivity index (χ4n) is 3.59. The maximum Gasteiger partial charge on any atom is 0.272 e. The molecule has 0 aliphatic carbocycles. The number of aromatic nitrogens is 2. The van der Waals surface area contributed by atoms with E-state index in [1.54, 1.807) is 22.1 Å². The number of rotatable bonds is 3. The highest BCUT2D eigenvalue weighted by atomic mass is 32.2. The average Bonchev–Trinajstić information content (AvgIpc) is 3.03. The first-order chi connectivity index (χ1) is 14.8. The number of nitrogens with zero attached hydrogens (tertiary/aromatic N) is 4. The smallest absolute Gasteiger partial charge is 0.272 e. The minimum absolute atomic E-state index is 0.175. The second-order valence-electron chi connectivity index (χ2n) is 7.48. The summed E-state index contributed by atoms with van der Waals surface area (Å²) < 4.78 is 23.2. The molecule has 0 saturated carbocycles. The lowest BCUT2D eigenvalue weighted by molar-refractivity contribution is 0.0716. The van der Waals surface area contributed by atoms with E-state index in [4.69, 9.17) is 0 Å². The Balaban J connectivity index is 1.45. The molecule has 160 valence electrons. The lowest BCUT2D eigenvalue weighted by Crippen LogP contribution is -2.37. The molecule has 1 fully saturated rings. The van der Waals surface area contributed by atoms with Crippen molar-refractivity contribution in [1.29, 1.82) is 0 Å². The largest absolute Gasteiger partial charge is 0.337 e. The summed E-state index contributed by atoms with van der Waals surface area (Å²) in [6.45, 7) is 1.83. The molecule has 1 aliphatic rings. The van der Waals surface area contributed by atoms with Gasteiger partial charge in [0.25, 0.3) is 11.8 Å². The van der Waals surface area contributed by atoms with Crippen molar-refractivity contribution in [3.8, 4) is 0 Å². The van der Waals surface area contributed by atoms with Gasteiger partial charge in [0.05, 0.1) is 4.90 Å². The minimum atomic E-state index is -3.31. The van der Waals surface area contributed by atoms with Gasteiger partial charge in [-0.15, -0.1) is 0 Å². The monoisotopic (exact) mass is 438 g/mol. The van der Waals surface area contributed by atoms with Crippen LogP contribution in [-0.2, 0) is 9.84 Å². The van der Waals surface area contributed by atoms with E-state index < -0.39 is 9.84 Å². The summed E-state index contributed by atoms with van der Waals surface area (Å²) in [6, 6.07) is 13.2. The number of carbonyl (C=O) groups is 2. The predicted molar refractivity (Wildman–Crippen MR) is 116 cm³/mol. The summed E-state index contributed by atoms with van der Waals surface area (Å²) in [6.07, 6.45) is 3.41. The lowest BCUT2D eigenvalue weighted by atomic mass is 10.2. The average molecular weight is 439 g/mol. The Morgan fingerprint density at radius 2 is 1.55 bits per heavy atom. The molecular weight excluding hydrogens is 416 g/mol. The summed E-state index contributed by atoms with van der Waals surface area (Å²) in [5.41, 5.74) is 1.29. The van der Waals surface area contributed by atoms with Gasteiger partial charge < -0.3 is 9.80 Å². The van der Waals surface area contributed by atoms with Crippen molar-refractivity contribution in [2.45, 2.75) is 11.3 Å². The second kappa shape index (κ2) is 8.43. The standard InChI is InChI=1S/C22H22N4O4S/c1-31(29,30)18-8-5-17(6-9-18)21(27)25-12-3-13-26(15-14-25)22(28)19-10-7-16-4-2-11-23-20(16)24-19/h2,4-11H,3,12-15H2,1H3. The highest BCUT2D eigenvalue weighted by Crippen LogP contribution is 2.16. The summed E-state index contributed by atoms with van der Waals surface area (Å²) in [4.78, 5) is 38.0. The van der Waals surface area contributed by atoms with Gasteiger partial charge in [-0.05, 0) is 55.0 Å². The van der Waals surface area contributed by atoms with Gasteiger partial charge in [-0.1, -0.05) is 0 Å². The van der Waals surface area contributed by atoms with Gasteiger partial charge in [-0.3, -0.25) is 9.59 Å². The van der Waals surface area contributed by atoms with Crippen molar-refractivity contribution in [3.63, 3.8) is 0 Å². The zero-order valence-corrected chi connectivity index (χ0v) is 17.9. The molecule has 4 rings (SSSR count). The van der Waals surface area contributed by atoms with Crippen molar-refractivity contribution in [2.75, 3.05) is 32.4 Å². The van der Waals surface area contributed by atoms with Gasteiger partial charge in [0.2, 0.25) is 0 Å². The van der Waals surface area contributed by atoms with Crippen LogP contribution in [0.15, 0.2) is 59.6 Å². The van der Waals surface area contributed by atoms with Gasteiger partial charge in [-0.2, -0.15) is 0 Å². The molecule has 8 nitrogen and oxygen atoms in total. The molecule has 3 aromatic rings. The zero-order chi connectivity index (χ0) is 22.0. The SMILES string of the molecule is CS(=O)(=O)c1ccc(C(=O)N2CCCN(C(=O)c3ccc4cccnc4n3)CC2)cc1. The summed E-state index contributed by atoms with van der Waals surface area (Å²) in [5, 5.41) is 0.869. The van der Waals surface area contributed by atoms with Crippen LogP contribution < -0.4 is 0 Å². The topological polar surface area (TPSA) is 101 Å². The molecule has 0 atom stereocenters. The molecule has 1 saturated heterocycles. The number of benzene rings is 1. The third-order valence-corrected chi connectivity index (χ3v) is 6.41. The van der Waals surface area contributed by atoms with Crippen LogP contribution >= 0.6 is 0 Å². The van der Waals surface area contributed by atoms with Crippen molar-refractivity contribution >= 4 is 32.7 Å². The zero-order valence-electron chi connectivity index (χ0n) is 17.1. The molecule has 0 unspecified atom stereocenters. The number of fused-ring (bicyclic) bond motifs is 1. The highest BCUT2D eigenvalue weighted by molar-refractivity contribution is 7.90. The van der Waals surface area contributed by atoms with E-state index in [1.807, 2.05) is 18.2 Å². The Morgan fingerprint density at radius 1 is 0.871 bits per heavy atom. The van der Waals surface area contributed by atoms with Crippen LogP contribution in [0.2, 0.25) is 0 Å². The van der Waals surface area contributed by atoms with Crippen LogP contribution in [0.4, 0.5) is 0 Å². The van der Waals surface area contributed by atoms with Crippen LogP contribution in [-0.4, -0.2) is 72.4 Å². The Kier molecular flexibility index (Phi) is 5.69. The number of carbonyl (C=O) groups excluding carboxylic acids is 2. The predicted octanol–water partition coefficient (Wildman–Crippen LogP) is 2.02. The van der Waals surface area contributed by atoms with E-state index in [1.165, 1.54) is 24.3 Å². The van der Waals surface area contributed by atoms with Gasteiger partial charge in [0, 0.05) is 49.6 Å². The number of sulfone groups is 1. The Hall–Kier alpha value is -3.33. The van der Waals surface area contributed by atoms with E-state index in [0.717, 1.165) is 11.6 Å². The van der Waals surface area contributed by atoms with E-state index in [-0.39, 0.29) is 16.7 Å². The molecule has 2 amide bonds. The fourth-order valence-corrected chi connectivity index (χ4v) is 4.22. The molecule has 0 N–H and O–H groups in total. The maximum absolute atomic E-state index is 12.9. The normalized spacial score (nSPS) is 15.0. The van der Waals surface area contributed by atoms with E-state index in [9.17, 15) is 18.0 Å². The molecule has 3 heterocycles. The Morgan fingerprint density at radius 3 is 2.23 bits per heavy atom. The van der Waals surface area contributed by atoms with Crippen molar-refractivity contribution in [3.05, 3.63) is 66.0 Å². The molecule has 0 bridgehead atoms. The van der Waals surface area contributed by atoms with Crippen LogP contribution in [0.1, 0.15) is 27.3 Å². The summed E-state index contributed by atoms with van der Waals surface area (Å²) in [7, 11) is -3.31. The third-order valence-electron chi connectivity index (χ3n) is 5.28. The van der Waals surface area contributed by atoms with E-state index in [2.05, 4.69) is 9.97 Å². The fraction of sp³-hybridized carbons (Fsp3) is 0.273. The molecule has 0 radical (unpaired) electrons. The number of amides is 2. The second-order valence-corrected chi connectivity index (χ2v) is 9.50. The third kappa shape index (κ3) is 4.56. The first kappa shape index (κ1) is 20.9. The van der Waals surface area contributed by atoms with Gasteiger partial charge in [0.15, 0.2) is 15.5 Å². The Bertz CT molecular complexity index is 1240. The molecule has 1 aromatic carbocycles. The van der Waals surface area contributed by atoms with Crippen molar-refractivity contribution in [2.24, 2.45) is 0 Å². The first-order valence-corrected chi connectivity index (χ1v) is 11.8. The van der Waals surface area contributed by atoms with Gasteiger partial charge in [0.1, 0.15) is 5.69 Å². The van der Waals surface area contributed by atoms with Crippen LogP contribution in [0, 0.1) is 0 Å². The van der Waals surface area contributed by atoms with Crippen LogP contribution in [0.3, 0.4) is 0 Å². The summed E-state index contributed by atoms with van der Waals surface area (Å²) in [5.74, 6) is -0.360. The van der Waals surface area contributed by atoms with Crippen LogP contribution in [0.25, 0.3) is 11.0 Å². The molecule has 31 heavy (non-hydrogen) atoms. The molecule has 1 aliphatic heterocycles. The van der Waals surface area contributed by atoms with E-state index in [0.29, 0.717) is 49.5 Å². The highest BCUT2D eigenvalue weighted by Gasteiger charge is 2.24. The molecular formula is C22H22N4O4S. The van der Waals surface area contributed by atoms with Gasteiger partial charge in [-0.25, -0.2) is 18.4 Å². The number of hydrogen-bond donors (Lipinski definition) is 0. The minimum Gasteiger partial charge on any atom is -0.337 e. The van der Waals surface area contributed by atoms with Crippen molar-refractivity contribution < 1.29 is 18.0 Å². The Labute approximate surface area is 180 Å². The van der Waals surface area contributed by atoms with E-state index >= 15 is 0 Å². The molecule has 9 heteroatoms. The maximum atomic E-state index is 12.9.